The van der Waals surface area contributed by atoms with Crippen molar-refractivity contribution in [2.45, 2.75) is 56.5 Å². The summed E-state index contributed by atoms with van der Waals surface area (Å²) in [6.07, 6.45) is 5.14. The number of esters is 1. The van der Waals surface area contributed by atoms with Crippen LogP contribution in [0.2, 0.25) is 0 Å². The Morgan fingerprint density at radius 3 is 2.52 bits per heavy atom. The summed E-state index contributed by atoms with van der Waals surface area (Å²) in [7, 11) is 2.96. The van der Waals surface area contributed by atoms with Crippen LogP contribution in [0, 0.1) is 17.7 Å². The number of benzene rings is 2. The Morgan fingerprint density at radius 1 is 1.09 bits per heavy atom. The summed E-state index contributed by atoms with van der Waals surface area (Å²) in [6, 6.07) is 12.5. The second-order valence-electron chi connectivity index (χ2n) is 9.43. The second kappa shape index (κ2) is 10.1. The number of hydrogen-bond acceptors (Lipinski definition) is 5. The molecule has 2 aliphatic carbocycles. The molecule has 4 rings (SSSR count). The lowest BCUT2D eigenvalue weighted by atomic mass is 9.75. The molecule has 0 heterocycles. The maximum Gasteiger partial charge on any atom is 0.306 e. The predicted molar refractivity (Wildman–Crippen MR) is 123 cm³/mol. The normalized spacial score (nSPS) is 23.6. The number of halogens is 1. The Hall–Kier alpha value is -2.60. The van der Waals surface area contributed by atoms with E-state index < -0.39 is 11.4 Å². The molecule has 6 heteroatoms. The SMILES string of the molecule is COC(=O)CC(c1cccc(OC[C@H]2CC[C@@](O)(c3cc(OC)ccc3F)CC2)c1)C1CC1. The van der Waals surface area contributed by atoms with Gasteiger partial charge in [-0.25, -0.2) is 4.39 Å². The van der Waals surface area contributed by atoms with Crippen molar-refractivity contribution in [1.29, 1.82) is 0 Å². The maximum atomic E-state index is 14.4. The molecule has 0 aromatic heterocycles. The molecule has 1 unspecified atom stereocenters. The van der Waals surface area contributed by atoms with Crippen LogP contribution in [0.25, 0.3) is 0 Å². The molecular weight excluding hydrogens is 423 g/mol. The van der Waals surface area contributed by atoms with E-state index in [1.807, 2.05) is 18.2 Å². The average molecular weight is 457 g/mol. The molecule has 2 fully saturated rings. The molecule has 1 N–H and O–H groups in total. The molecule has 0 amide bonds. The van der Waals surface area contributed by atoms with Crippen LogP contribution in [0.15, 0.2) is 42.5 Å². The first-order valence-corrected chi connectivity index (χ1v) is 11.8. The highest BCUT2D eigenvalue weighted by atomic mass is 19.1. The lowest BCUT2D eigenvalue weighted by Gasteiger charge is -2.36. The number of carbonyl (C=O) groups excluding carboxylic acids is 1. The van der Waals surface area contributed by atoms with Gasteiger partial charge in [-0.2, -0.15) is 0 Å². The van der Waals surface area contributed by atoms with Gasteiger partial charge in [0, 0.05) is 5.56 Å². The summed E-state index contributed by atoms with van der Waals surface area (Å²) >= 11 is 0. The predicted octanol–water partition coefficient (Wildman–Crippen LogP) is 5.35. The van der Waals surface area contributed by atoms with E-state index in [1.54, 1.807) is 12.1 Å². The number of hydrogen-bond donors (Lipinski definition) is 1. The summed E-state index contributed by atoms with van der Waals surface area (Å²) < 4.78 is 30.6. The van der Waals surface area contributed by atoms with Crippen molar-refractivity contribution in [1.82, 2.24) is 0 Å². The van der Waals surface area contributed by atoms with E-state index in [1.165, 1.54) is 20.3 Å². The highest BCUT2D eigenvalue weighted by Crippen LogP contribution is 2.45. The van der Waals surface area contributed by atoms with Crippen LogP contribution in [-0.4, -0.2) is 31.9 Å². The van der Waals surface area contributed by atoms with E-state index in [0.29, 0.717) is 43.1 Å². The van der Waals surface area contributed by atoms with Crippen LogP contribution in [0.4, 0.5) is 4.39 Å². The molecular formula is C27H33FO5. The minimum absolute atomic E-state index is 0.170. The molecule has 2 aliphatic rings. The highest BCUT2D eigenvalue weighted by molar-refractivity contribution is 5.70. The van der Waals surface area contributed by atoms with Gasteiger partial charge < -0.3 is 19.3 Å². The van der Waals surface area contributed by atoms with E-state index in [9.17, 15) is 14.3 Å². The van der Waals surface area contributed by atoms with Crippen LogP contribution in [0.1, 0.15) is 62.0 Å². The molecule has 0 radical (unpaired) electrons. The van der Waals surface area contributed by atoms with Crippen molar-refractivity contribution in [2.75, 3.05) is 20.8 Å². The lowest BCUT2D eigenvalue weighted by Crippen LogP contribution is -2.34. The van der Waals surface area contributed by atoms with Gasteiger partial charge in [-0.1, -0.05) is 12.1 Å². The van der Waals surface area contributed by atoms with Gasteiger partial charge in [0.05, 0.1) is 32.8 Å². The average Bonchev–Trinajstić information content (AvgIpc) is 3.68. The summed E-state index contributed by atoms with van der Waals surface area (Å²) in [5.41, 5.74) is 0.248. The fourth-order valence-electron chi connectivity index (χ4n) is 4.95. The number of aliphatic hydroxyl groups is 1. The van der Waals surface area contributed by atoms with Gasteiger partial charge in [-0.15, -0.1) is 0 Å². The van der Waals surface area contributed by atoms with E-state index in [0.717, 1.165) is 37.0 Å². The Labute approximate surface area is 194 Å². The van der Waals surface area contributed by atoms with E-state index in [4.69, 9.17) is 14.2 Å². The molecule has 2 saturated carbocycles. The Morgan fingerprint density at radius 2 is 1.85 bits per heavy atom. The topological polar surface area (TPSA) is 65.0 Å². The van der Waals surface area contributed by atoms with Gasteiger partial charge in [0.15, 0.2) is 0 Å². The van der Waals surface area contributed by atoms with Crippen molar-refractivity contribution < 1.29 is 28.5 Å². The first-order chi connectivity index (χ1) is 15.9. The largest absolute Gasteiger partial charge is 0.497 e. The van der Waals surface area contributed by atoms with Gasteiger partial charge in [0.2, 0.25) is 0 Å². The highest BCUT2D eigenvalue weighted by Gasteiger charge is 2.37. The standard InChI is InChI=1S/C27H33FO5/c1-31-21-8-9-25(28)24(15-21)27(30)12-10-18(11-13-27)17-33-22-5-3-4-20(14-22)23(19-6-7-19)16-26(29)32-2/h3-5,8-9,14-15,18-19,23,30H,6-7,10-13,16-17H2,1-2H3/t18-,23?,27-. The quantitative estimate of drug-likeness (QED) is 0.516. The Kier molecular flexibility index (Phi) is 7.23. The maximum absolute atomic E-state index is 14.4. The van der Waals surface area contributed by atoms with Crippen LogP contribution in [0.3, 0.4) is 0 Å². The number of rotatable bonds is 9. The first kappa shape index (κ1) is 23.6. The zero-order valence-corrected chi connectivity index (χ0v) is 19.4. The van der Waals surface area contributed by atoms with Gasteiger partial charge in [-0.3, -0.25) is 4.79 Å². The van der Waals surface area contributed by atoms with Gasteiger partial charge in [-0.05, 0) is 92.2 Å². The third kappa shape index (κ3) is 5.67. The Balaban J connectivity index is 1.35. The summed E-state index contributed by atoms with van der Waals surface area (Å²) in [5, 5.41) is 11.1. The fourth-order valence-corrected chi connectivity index (χ4v) is 4.95. The number of methoxy groups -OCH3 is 2. The summed E-state index contributed by atoms with van der Waals surface area (Å²) in [4.78, 5) is 11.9. The van der Waals surface area contributed by atoms with Crippen LogP contribution in [-0.2, 0) is 15.1 Å². The lowest BCUT2D eigenvalue weighted by molar-refractivity contribution is -0.141. The molecule has 2 aromatic rings. The van der Waals surface area contributed by atoms with Gasteiger partial charge >= 0.3 is 5.97 Å². The van der Waals surface area contributed by atoms with E-state index in [-0.39, 0.29) is 17.8 Å². The molecule has 0 bridgehead atoms. The van der Waals surface area contributed by atoms with Crippen molar-refractivity contribution in [2.24, 2.45) is 11.8 Å². The minimum atomic E-state index is -1.18. The summed E-state index contributed by atoms with van der Waals surface area (Å²) in [5.74, 6) is 1.75. The monoisotopic (exact) mass is 456 g/mol. The second-order valence-corrected chi connectivity index (χ2v) is 9.43. The smallest absolute Gasteiger partial charge is 0.306 e. The summed E-state index contributed by atoms with van der Waals surface area (Å²) in [6.45, 7) is 0.547. The zero-order chi connectivity index (χ0) is 23.4. The van der Waals surface area contributed by atoms with Gasteiger partial charge in [0.1, 0.15) is 17.3 Å². The molecule has 1 atom stereocenters. The molecule has 33 heavy (non-hydrogen) atoms. The Bertz CT molecular complexity index is 963. The third-order valence-corrected chi connectivity index (χ3v) is 7.18. The van der Waals surface area contributed by atoms with Crippen LogP contribution >= 0.6 is 0 Å². The molecule has 0 spiro atoms. The molecule has 5 nitrogen and oxygen atoms in total. The van der Waals surface area contributed by atoms with Gasteiger partial charge in [0.25, 0.3) is 0 Å². The number of carbonyl (C=O) groups is 1. The fraction of sp³-hybridized carbons (Fsp3) is 0.519. The van der Waals surface area contributed by atoms with E-state index in [2.05, 4.69) is 6.07 Å². The molecule has 2 aromatic carbocycles. The van der Waals surface area contributed by atoms with Crippen LogP contribution in [0.5, 0.6) is 11.5 Å². The van der Waals surface area contributed by atoms with E-state index >= 15 is 0 Å². The number of ether oxygens (including phenoxy) is 3. The van der Waals surface area contributed by atoms with Crippen molar-refractivity contribution in [3.05, 3.63) is 59.4 Å². The first-order valence-electron chi connectivity index (χ1n) is 11.8. The van der Waals surface area contributed by atoms with Crippen LogP contribution < -0.4 is 9.47 Å². The minimum Gasteiger partial charge on any atom is -0.497 e. The van der Waals surface area contributed by atoms with Crippen molar-refractivity contribution >= 4 is 5.97 Å². The molecule has 0 aliphatic heterocycles. The van der Waals surface area contributed by atoms with Crippen molar-refractivity contribution in [3.8, 4) is 11.5 Å². The third-order valence-electron chi connectivity index (χ3n) is 7.18. The molecule has 0 saturated heterocycles. The zero-order valence-electron chi connectivity index (χ0n) is 19.4. The van der Waals surface area contributed by atoms with Crippen molar-refractivity contribution in [3.63, 3.8) is 0 Å². The molecule has 178 valence electrons.